The van der Waals surface area contributed by atoms with E-state index in [-0.39, 0.29) is 12.2 Å². The number of phenols is 1. The van der Waals surface area contributed by atoms with Crippen LogP contribution < -0.4 is 19.8 Å². The Morgan fingerprint density at radius 3 is 2.29 bits per heavy atom. The number of anilines is 1. The zero-order chi connectivity index (χ0) is 27.1. The molecule has 3 N–H and O–H groups in total. The van der Waals surface area contributed by atoms with Crippen LogP contribution in [0.15, 0.2) is 79.1 Å². The van der Waals surface area contributed by atoms with E-state index in [9.17, 15) is 9.90 Å². The number of ether oxygens (including phenoxy) is 3. The second-order valence-corrected chi connectivity index (χ2v) is 9.22. The number of hydrogen-bond acceptors (Lipinski definition) is 6. The molecule has 4 aromatic rings. The van der Waals surface area contributed by atoms with E-state index in [0.29, 0.717) is 50.5 Å². The molecule has 3 aromatic carbocycles. The SMILES string of the molecule is COc1ccc([C@H](Cc2c(Cl)c[nH+]cc2Cl)OC(=O)c2ccc(CNc3ccccc3O)cc2)cc1OC. The Labute approximate surface area is 230 Å². The van der Waals surface area contributed by atoms with Gasteiger partial charge in [0, 0.05) is 18.5 Å². The van der Waals surface area contributed by atoms with Crippen LogP contribution in [-0.2, 0) is 17.7 Å². The van der Waals surface area contributed by atoms with Crippen molar-refractivity contribution in [3.63, 3.8) is 0 Å². The molecule has 0 unspecified atom stereocenters. The highest BCUT2D eigenvalue weighted by Gasteiger charge is 2.24. The molecular weight excluding hydrogens is 527 g/mol. The van der Waals surface area contributed by atoms with Crippen molar-refractivity contribution in [1.82, 2.24) is 0 Å². The summed E-state index contributed by atoms with van der Waals surface area (Å²) in [6.07, 6.45) is 2.79. The Bertz CT molecular complexity index is 1390. The van der Waals surface area contributed by atoms with Crippen molar-refractivity contribution in [2.24, 2.45) is 0 Å². The second kappa shape index (κ2) is 12.5. The van der Waals surface area contributed by atoms with Gasteiger partial charge in [-0.25, -0.2) is 9.78 Å². The Morgan fingerprint density at radius 1 is 0.947 bits per heavy atom. The van der Waals surface area contributed by atoms with Gasteiger partial charge in [-0.1, -0.05) is 53.5 Å². The van der Waals surface area contributed by atoms with Gasteiger partial charge in [-0.15, -0.1) is 0 Å². The van der Waals surface area contributed by atoms with Crippen LogP contribution in [0, 0.1) is 0 Å². The molecule has 7 nitrogen and oxygen atoms in total. The normalized spacial score (nSPS) is 11.5. The van der Waals surface area contributed by atoms with Crippen molar-refractivity contribution in [1.29, 1.82) is 0 Å². The summed E-state index contributed by atoms with van der Waals surface area (Å²) in [5, 5.41) is 14.0. The quantitative estimate of drug-likeness (QED) is 0.177. The summed E-state index contributed by atoms with van der Waals surface area (Å²) in [7, 11) is 3.09. The van der Waals surface area contributed by atoms with E-state index in [0.717, 1.165) is 5.56 Å². The van der Waals surface area contributed by atoms with Crippen molar-refractivity contribution in [3.8, 4) is 17.2 Å². The van der Waals surface area contributed by atoms with Crippen LogP contribution in [0.25, 0.3) is 0 Å². The number of H-pyrrole nitrogens is 1. The first-order valence-corrected chi connectivity index (χ1v) is 12.5. The van der Waals surface area contributed by atoms with Crippen molar-refractivity contribution in [2.75, 3.05) is 19.5 Å². The lowest BCUT2D eigenvalue weighted by molar-refractivity contribution is -0.377. The largest absolute Gasteiger partial charge is 0.506 e. The van der Waals surface area contributed by atoms with Crippen molar-refractivity contribution in [3.05, 3.63) is 111 Å². The number of aromatic hydroxyl groups is 1. The van der Waals surface area contributed by atoms with Crippen molar-refractivity contribution < 1.29 is 29.1 Å². The maximum atomic E-state index is 13.2. The van der Waals surface area contributed by atoms with Gasteiger partial charge in [0.25, 0.3) is 0 Å². The number of hydrogen-bond donors (Lipinski definition) is 2. The molecule has 1 atom stereocenters. The molecule has 0 spiro atoms. The first kappa shape index (κ1) is 27.1. The van der Waals surface area contributed by atoms with Gasteiger partial charge in [0.15, 0.2) is 23.9 Å². The summed E-state index contributed by atoms with van der Waals surface area (Å²) in [5.41, 5.74) is 3.29. The molecule has 0 saturated heterocycles. The van der Waals surface area contributed by atoms with Crippen molar-refractivity contribution >= 4 is 34.9 Å². The summed E-state index contributed by atoms with van der Waals surface area (Å²) in [5.74, 6) is 0.732. The van der Waals surface area contributed by atoms with Crippen LogP contribution in [0.5, 0.6) is 17.2 Å². The third-order valence-corrected chi connectivity index (χ3v) is 6.67. The minimum absolute atomic E-state index is 0.172. The maximum absolute atomic E-state index is 13.2. The Hall–Kier alpha value is -3.94. The lowest BCUT2D eigenvalue weighted by Crippen LogP contribution is -2.16. The number of carbonyl (C=O) groups excluding carboxylic acids is 1. The summed E-state index contributed by atoms with van der Waals surface area (Å²) in [4.78, 5) is 16.1. The van der Waals surface area contributed by atoms with Gasteiger partial charge >= 0.3 is 5.97 Å². The van der Waals surface area contributed by atoms with Gasteiger partial charge < -0.3 is 24.6 Å². The molecule has 1 aromatic heterocycles. The van der Waals surface area contributed by atoms with Gasteiger partial charge in [0.2, 0.25) is 0 Å². The molecule has 0 aliphatic rings. The molecule has 0 aliphatic heterocycles. The predicted molar refractivity (Wildman–Crippen MR) is 146 cm³/mol. The van der Waals surface area contributed by atoms with E-state index < -0.39 is 12.1 Å². The minimum Gasteiger partial charge on any atom is -0.506 e. The Kier molecular flexibility index (Phi) is 8.94. The van der Waals surface area contributed by atoms with Crippen LogP contribution in [0.2, 0.25) is 10.0 Å². The number of rotatable bonds is 10. The number of benzene rings is 3. The van der Waals surface area contributed by atoms with Crippen LogP contribution in [0.3, 0.4) is 0 Å². The second-order valence-electron chi connectivity index (χ2n) is 8.41. The average molecular weight is 554 g/mol. The number of halogens is 2. The van der Waals surface area contributed by atoms with Crippen LogP contribution >= 0.6 is 23.2 Å². The molecule has 0 fully saturated rings. The molecule has 4 rings (SSSR count). The van der Waals surface area contributed by atoms with E-state index >= 15 is 0 Å². The van der Waals surface area contributed by atoms with E-state index in [2.05, 4.69) is 10.3 Å². The topological polar surface area (TPSA) is 91.2 Å². The molecule has 0 aliphatic carbocycles. The Balaban J connectivity index is 1.54. The van der Waals surface area contributed by atoms with Gasteiger partial charge in [-0.3, -0.25) is 0 Å². The lowest BCUT2D eigenvalue weighted by Gasteiger charge is -2.20. The lowest BCUT2D eigenvalue weighted by atomic mass is 10.0. The maximum Gasteiger partial charge on any atom is 0.338 e. The first-order valence-electron chi connectivity index (χ1n) is 11.8. The fourth-order valence-corrected chi connectivity index (χ4v) is 4.45. The van der Waals surface area contributed by atoms with E-state index in [1.165, 1.54) is 0 Å². The van der Waals surface area contributed by atoms with Gasteiger partial charge in [0.05, 0.1) is 25.5 Å². The minimum atomic E-state index is -0.706. The summed E-state index contributed by atoms with van der Waals surface area (Å²) in [6.45, 7) is 0.475. The number of aromatic nitrogens is 1. The molecule has 196 valence electrons. The summed E-state index contributed by atoms with van der Waals surface area (Å²) >= 11 is 12.8. The van der Waals surface area contributed by atoms with E-state index in [1.807, 2.05) is 24.3 Å². The highest BCUT2D eigenvalue weighted by molar-refractivity contribution is 6.35. The predicted octanol–water partition coefficient (Wildman–Crippen LogP) is 6.28. The molecule has 38 heavy (non-hydrogen) atoms. The number of methoxy groups -OCH3 is 2. The molecule has 0 bridgehead atoms. The fraction of sp³-hybridized carbons (Fsp3) is 0.172. The zero-order valence-corrected chi connectivity index (χ0v) is 22.3. The van der Waals surface area contributed by atoms with Gasteiger partial charge in [0.1, 0.15) is 21.9 Å². The van der Waals surface area contributed by atoms with E-state index in [1.54, 1.807) is 69.1 Å². The number of esters is 1. The Morgan fingerprint density at radius 2 is 1.63 bits per heavy atom. The van der Waals surface area contributed by atoms with Crippen molar-refractivity contribution in [2.45, 2.75) is 19.1 Å². The molecule has 0 saturated carbocycles. The summed E-state index contributed by atoms with van der Waals surface area (Å²) < 4.78 is 16.8. The molecule has 0 amide bonds. The number of nitrogens with one attached hydrogen (secondary N) is 2. The number of carbonyl (C=O) groups is 1. The molecule has 0 radical (unpaired) electrons. The smallest absolute Gasteiger partial charge is 0.338 e. The molecular formula is C29H27Cl2N2O5+. The number of phenolic OH excluding ortho intramolecular Hbond substituents is 1. The highest BCUT2D eigenvalue weighted by atomic mass is 35.5. The van der Waals surface area contributed by atoms with Gasteiger partial charge in [-0.05, 0) is 47.5 Å². The summed E-state index contributed by atoms with van der Waals surface area (Å²) in [6, 6.07) is 19.4. The number of para-hydroxylation sites is 2. The van der Waals surface area contributed by atoms with Crippen LogP contribution in [0.4, 0.5) is 5.69 Å². The highest BCUT2D eigenvalue weighted by Crippen LogP contribution is 2.35. The van der Waals surface area contributed by atoms with Crippen LogP contribution in [-0.4, -0.2) is 25.3 Å². The zero-order valence-electron chi connectivity index (χ0n) is 20.8. The number of aromatic amines is 1. The molecule has 9 heteroatoms. The van der Waals surface area contributed by atoms with Crippen LogP contribution in [0.1, 0.15) is 33.2 Å². The number of pyridine rings is 1. The van der Waals surface area contributed by atoms with Gasteiger partial charge in [-0.2, -0.15) is 0 Å². The third-order valence-electron chi connectivity index (χ3n) is 5.99. The fourth-order valence-electron chi connectivity index (χ4n) is 3.91. The third kappa shape index (κ3) is 6.49. The monoisotopic (exact) mass is 553 g/mol. The van der Waals surface area contributed by atoms with E-state index in [4.69, 9.17) is 37.4 Å². The first-order chi connectivity index (χ1) is 18.4. The standard InChI is InChI=1S/C29H26Cl2N2O5/c1-36-26-12-11-20(13-28(26)37-2)27(14-21-22(30)16-32-17-23(21)31)38-29(35)19-9-7-18(8-10-19)15-33-24-5-3-4-6-25(24)34/h3-13,16-17,27,33-34H,14-15H2,1-2H3/p+1/t27-/m0/s1. The molecule has 1 heterocycles. The average Bonchev–Trinajstić information content (AvgIpc) is 2.93.